The van der Waals surface area contributed by atoms with Gasteiger partial charge < -0.3 is 0 Å². The van der Waals surface area contributed by atoms with Crippen LogP contribution < -0.4 is 0 Å². The second-order valence-electron chi connectivity index (χ2n) is 3.57. The van der Waals surface area contributed by atoms with Crippen molar-refractivity contribution in [3.8, 4) is 0 Å². The topological polar surface area (TPSA) is 0 Å². The summed E-state index contributed by atoms with van der Waals surface area (Å²) in [5, 5.41) is 0. The van der Waals surface area contributed by atoms with E-state index in [2.05, 4.69) is 30.4 Å². The molecular formula is C13H13B. The molecule has 2 rings (SSSR count). The Kier molecular flexibility index (Phi) is 2.88. The predicted octanol–water partition coefficient (Wildman–Crippen LogP) is 3.17. The minimum absolute atomic E-state index is 0.0350. The highest BCUT2D eigenvalue weighted by Crippen LogP contribution is 2.24. The van der Waals surface area contributed by atoms with Crippen LogP contribution in [0.5, 0.6) is 0 Å². The van der Waals surface area contributed by atoms with Gasteiger partial charge in [-0.2, -0.15) is 0 Å². The lowest BCUT2D eigenvalue weighted by Crippen LogP contribution is -2.02. The molecule has 1 aromatic rings. The molecule has 1 aliphatic rings. The van der Waals surface area contributed by atoms with Gasteiger partial charge in [0.1, 0.15) is 0 Å². The van der Waals surface area contributed by atoms with E-state index in [0.717, 1.165) is 12.8 Å². The van der Waals surface area contributed by atoms with Crippen molar-refractivity contribution in [3.05, 3.63) is 59.7 Å². The maximum absolute atomic E-state index is 6.15. The van der Waals surface area contributed by atoms with Crippen molar-refractivity contribution in [2.75, 3.05) is 0 Å². The van der Waals surface area contributed by atoms with Gasteiger partial charge in [-0.1, -0.05) is 54.1 Å². The van der Waals surface area contributed by atoms with Crippen LogP contribution in [0.1, 0.15) is 24.2 Å². The number of benzene rings is 1. The molecule has 0 nitrogen and oxygen atoms in total. The van der Waals surface area contributed by atoms with Gasteiger partial charge in [0.2, 0.25) is 0 Å². The summed E-state index contributed by atoms with van der Waals surface area (Å²) in [6.07, 6.45) is 8.83. The van der Waals surface area contributed by atoms with Gasteiger partial charge >= 0.3 is 0 Å². The van der Waals surface area contributed by atoms with Crippen LogP contribution >= 0.6 is 0 Å². The molecule has 68 valence electrons. The van der Waals surface area contributed by atoms with Crippen molar-refractivity contribution in [2.24, 2.45) is 0 Å². The predicted molar refractivity (Wildman–Crippen MR) is 61.4 cm³/mol. The molecule has 1 aliphatic carbocycles. The molecule has 14 heavy (non-hydrogen) atoms. The second kappa shape index (κ2) is 4.32. The number of hydrogen-bond donors (Lipinski definition) is 0. The zero-order valence-electron chi connectivity index (χ0n) is 8.19. The molecule has 0 amide bonds. The Morgan fingerprint density at radius 2 is 1.86 bits per heavy atom. The summed E-state index contributed by atoms with van der Waals surface area (Å²) >= 11 is 0. The summed E-state index contributed by atoms with van der Waals surface area (Å²) in [7, 11) is 6.15. The third-order valence-electron chi connectivity index (χ3n) is 2.54. The monoisotopic (exact) mass is 180 g/mol. The smallest absolute Gasteiger partial charge is 0.0827 e. The molecule has 0 fully saturated rings. The molecule has 1 atom stereocenters. The van der Waals surface area contributed by atoms with Crippen molar-refractivity contribution in [2.45, 2.75) is 18.7 Å². The molecule has 0 spiro atoms. The zero-order valence-corrected chi connectivity index (χ0v) is 8.19. The average molecular weight is 180 g/mol. The Labute approximate surface area is 86.8 Å². The zero-order chi connectivity index (χ0) is 9.80. The van der Waals surface area contributed by atoms with Crippen molar-refractivity contribution in [1.29, 1.82) is 0 Å². The van der Waals surface area contributed by atoms with Crippen molar-refractivity contribution in [3.63, 3.8) is 0 Å². The lowest BCUT2D eigenvalue weighted by Gasteiger charge is -2.16. The Morgan fingerprint density at radius 1 is 1.07 bits per heavy atom. The minimum Gasteiger partial charge on any atom is -0.0840 e. The van der Waals surface area contributed by atoms with Gasteiger partial charge in [0.15, 0.2) is 0 Å². The van der Waals surface area contributed by atoms with Crippen LogP contribution in [0.15, 0.2) is 54.1 Å². The SMILES string of the molecule is [B]C(C1=CCCC=C1)c1ccccc1. The van der Waals surface area contributed by atoms with Gasteiger partial charge in [-0.05, 0) is 24.2 Å². The Balaban J connectivity index is 2.20. The van der Waals surface area contributed by atoms with Gasteiger partial charge in [-0.15, -0.1) is 0 Å². The van der Waals surface area contributed by atoms with Gasteiger partial charge in [-0.25, -0.2) is 0 Å². The molecule has 0 saturated heterocycles. The van der Waals surface area contributed by atoms with Crippen LogP contribution in [0.2, 0.25) is 0 Å². The molecule has 0 aliphatic heterocycles. The van der Waals surface area contributed by atoms with E-state index < -0.39 is 0 Å². The van der Waals surface area contributed by atoms with Crippen LogP contribution in [0.3, 0.4) is 0 Å². The van der Waals surface area contributed by atoms with Gasteiger partial charge in [0, 0.05) is 0 Å². The van der Waals surface area contributed by atoms with Crippen molar-refractivity contribution in [1.82, 2.24) is 0 Å². The molecule has 1 unspecified atom stereocenters. The maximum atomic E-state index is 6.15. The Bertz CT molecular complexity index is 349. The number of allylic oxidation sites excluding steroid dienone is 4. The molecule has 2 radical (unpaired) electrons. The van der Waals surface area contributed by atoms with E-state index in [1.807, 2.05) is 18.2 Å². The van der Waals surface area contributed by atoms with Crippen LogP contribution in [0, 0.1) is 0 Å². The quantitative estimate of drug-likeness (QED) is 0.613. The summed E-state index contributed by atoms with van der Waals surface area (Å²) in [6, 6.07) is 10.2. The van der Waals surface area contributed by atoms with Gasteiger partial charge in [-0.3, -0.25) is 0 Å². The molecule has 0 saturated carbocycles. The molecule has 0 bridgehead atoms. The molecule has 0 aromatic heterocycles. The summed E-state index contributed by atoms with van der Waals surface area (Å²) < 4.78 is 0. The standard InChI is InChI=1S/C13H13B/c14-13(11-7-3-1-4-8-11)12-9-5-2-6-10-12/h1,3-5,7-10,13H,2,6H2. The average Bonchev–Trinajstić information content (AvgIpc) is 2.30. The third kappa shape index (κ3) is 1.98. The first-order valence-corrected chi connectivity index (χ1v) is 5.05. The maximum Gasteiger partial charge on any atom is 0.0827 e. The fourth-order valence-electron chi connectivity index (χ4n) is 1.72. The Hall–Kier alpha value is -1.24. The fraction of sp³-hybridized carbons (Fsp3) is 0.231. The van der Waals surface area contributed by atoms with Crippen LogP contribution in [-0.4, -0.2) is 7.85 Å². The lowest BCUT2D eigenvalue weighted by atomic mass is 9.74. The second-order valence-corrected chi connectivity index (χ2v) is 3.57. The molecule has 1 heteroatoms. The van der Waals surface area contributed by atoms with Crippen LogP contribution in [0.25, 0.3) is 0 Å². The third-order valence-corrected chi connectivity index (χ3v) is 2.54. The molecule has 1 aromatic carbocycles. The van der Waals surface area contributed by atoms with E-state index in [9.17, 15) is 0 Å². The number of hydrogen-bond acceptors (Lipinski definition) is 0. The van der Waals surface area contributed by atoms with E-state index in [1.54, 1.807) is 0 Å². The highest BCUT2D eigenvalue weighted by atomic mass is 14.1. The first-order valence-electron chi connectivity index (χ1n) is 5.05. The van der Waals surface area contributed by atoms with Crippen molar-refractivity contribution >= 4 is 7.85 Å². The Morgan fingerprint density at radius 3 is 2.50 bits per heavy atom. The highest BCUT2D eigenvalue weighted by molar-refractivity contribution is 6.14. The van der Waals surface area contributed by atoms with E-state index in [1.165, 1.54) is 11.1 Å². The largest absolute Gasteiger partial charge is 0.0840 e. The van der Waals surface area contributed by atoms with E-state index in [-0.39, 0.29) is 5.82 Å². The fourth-order valence-corrected chi connectivity index (χ4v) is 1.72. The molecular weight excluding hydrogens is 167 g/mol. The first kappa shape index (κ1) is 9.33. The van der Waals surface area contributed by atoms with E-state index in [4.69, 9.17) is 7.85 Å². The van der Waals surface area contributed by atoms with E-state index in [0.29, 0.717) is 0 Å². The van der Waals surface area contributed by atoms with Gasteiger partial charge in [0.05, 0.1) is 7.85 Å². The summed E-state index contributed by atoms with van der Waals surface area (Å²) in [5.41, 5.74) is 2.42. The minimum atomic E-state index is 0.0350. The highest BCUT2D eigenvalue weighted by Gasteiger charge is 2.08. The molecule has 0 N–H and O–H groups in total. The van der Waals surface area contributed by atoms with Crippen LogP contribution in [-0.2, 0) is 0 Å². The number of rotatable bonds is 2. The van der Waals surface area contributed by atoms with Crippen molar-refractivity contribution < 1.29 is 0 Å². The lowest BCUT2D eigenvalue weighted by molar-refractivity contribution is 0.983. The summed E-state index contributed by atoms with van der Waals surface area (Å²) in [5.74, 6) is 0.0350. The van der Waals surface area contributed by atoms with Crippen LogP contribution in [0.4, 0.5) is 0 Å². The van der Waals surface area contributed by atoms with E-state index >= 15 is 0 Å². The summed E-state index contributed by atoms with van der Waals surface area (Å²) in [4.78, 5) is 0. The first-order chi connectivity index (χ1) is 6.88. The normalized spacial score (nSPS) is 17.6. The van der Waals surface area contributed by atoms with Gasteiger partial charge in [0.25, 0.3) is 0 Å². The summed E-state index contributed by atoms with van der Waals surface area (Å²) in [6.45, 7) is 0. The molecule has 0 heterocycles.